The van der Waals surface area contributed by atoms with Gasteiger partial charge < -0.3 is 10.6 Å². The zero-order valence-corrected chi connectivity index (χ0v) is 13.3. The molecule has 2 N–H and O–H groups in total. The highest BCUT2D eigenvalue weighted by Gasteiger charge is 2.05. The van der Waals surface area contributed by atoms with E-state index in [2.05, 4.69) is 22.5 Å². The summed E-state index contributed by atoms with van der Waals surface area (Å²) in [7, 11) is 0. The Morgan fingerprint density at radius 3 is 2.78 bits per heavy atom. The number of benzene rings is 1. The van der Waals surface area contributed by atoms with Gasteiger partial charge in [-0.1, -0.05) is 31.9 Å². The van der Waals surface area contributed by atoms with Crippen LogP contribution in [0.4, 0.5) is 15.9 Å². The molecule has 2 rings (SSSR count). The van der Waals surface area contributed by atoms with Gasteiger partial charge in [-0.2, -0.15) is 0 Å². The Morgan fingerprint density at radius 2 is 2.09 bits per heavy atom. The normalized spacial score (nSPS) is 10.3. The van der Waals surface area contributed by atoms with Crippen molar-refractivity contribution in [2.75, 3.05) is 17.2 Å². The number of carbonyl (C=O) groups excluding carboxylic acids is 1. The standard InChI is InChI=1S/C18H22FN3O/c1-2-3-4-10-20-17-9-8-16(13-21-17)22-18(23)12-14-6-5-7-15(19)11-14/h5-9,11,13H,2-4,10,12H2,1H3,(H,20,21)(H,22,23). The summed E-state index contributed by atoms with van der Waals surface area (Å²) in [4.78, 5) is 16.2. The first-order valence-corrected chi connectivity index (χ1v) is 7.91. The minimum absolute atomic E-state index is 0.134. The molecule has 1 aromatic heterocycles. The number of amides is 1. The average molecular weight is 315 g/mol. The molecule has 0 radical (unpaired) electrons. The van der Waals surface area contributed by atoms with Crippen molar-refractivity contribution >= 4 is 17.4 Å². The lowest BCUT2D eigenvalue weighted by Crippen LogP contribution is -2.14. The van der Waals surface area contributed by atoms with Crippen molar-refractivity contribution in [3.8, 4) is 0 Å². The van der Waals surface area contributed by atoms with E-state index in [4.69, 9.17) is 0 Å². The van der Waals surface area contributed by atoms with Gasteiger partial charge in [0.25, 0.3) is 0 Å². The fourth-order valence-corrected chi connectivity index (χ4v) is 2.20. The molecular formula is C18H22FN3O. The largest absolute Gasteiger partial charge is 0.370 e. The highest BCUT2D eigenvalue weighted by atomic mass is 19.1. The number of nitrogens with zero attached hydrogens (tertiary/aromatic N) is 1. The van der Waals surface area contributed by atoms with E-state index in [1.54, 1.807) is 24.4 Å². The smallest absolute Gasteiger partial charge is 0.228 e. The van der Waals surface area contributed by atoms with Crippen molar-refractivity contribution in [2.24, 2.45) is 0 Å². The summed E-state index contributed by atoms with van der Waals surface area (Å²) in [6.07, 6.45) is 5.25. The van der Waals surface area contributed by atoms with Crippen LogP contribution in [0.2, 0.25) is 0 Å². The molecule has 0 aliphatic carbocycles. The molecule has 0 spiro atoms. The van der Waals surface area contributed by atoms with Crippen LogP contribution >= 0.6 is 0 Å². The fraction of sp³-hybridized carbons (Fsp3) is 0.333. The van der Waals surface area contributed by atoms with Crippen molar-refractivity contribution < 1.29 is 9.18 Å². The third kappa shape index (κ3) is 6.06. The van der Waals surface area contributed by atoms with Crippen LogP contribution in [0.3, 0.4) is 0 Å². The molecule has 0 bridgehead atoms. The van der Waals surface area contributed by atoms with Gasteiger partial charge in [0.2, 0.25) is 5.91 Å². The maximum absolute atomic E-state index is 13.1. The molecule has 0 saturated heterocycles. The molecule has 1 aromatic carbocycles. The Labute approximate surface area is 136 Å². The summed E-state index contributed by atoms with van der Waals surface area (Å²) >= 11 is 0. The van der Waals surface area contributed by atoms with Crippen molar-refractivity contribution in [2.45, 2.75) is 32.6 Å². The van der Waals surface area contributed by atoms with Gasteiger partial charge in [0.1, 0.15) is 11.6 Å². The van der Waals surface area contributed by atoms with Gasteiger partial charge in [-0.15, -0.1) is 0 Å². The molecule has 0 atom stereocenters. The summed E-state index contributed by atoms with van der Waals surface area (Å²) in [5, 5.41) is 6.00. The van der Waals surface area contributed by atoms with Crippen LogP contribution in [0.5, 0.6) is 0 Å². The maximum Gasteiger partial charge on any atom is 0.228 e. The Kier molecular flexibility index (Phi) is 6.54. The summed E-state index contributed by atoms with van der Waals surface area (Å²) in [5.74, 6) is 0.265. The molecule has 0 unspecified atom stereocenters. The number of carbonyl (C=O) groups is 1. The third-order valence-corrected chi connectivity index (χ3v) is 3.39. The second-order valence-corrected chi connectivity index (χ2v) is 5.42. The first-order valence-electron chi connectivity index (χ1n) is 7.91. The van der Waals surface area contributed by atoms with E-state index in [0.29, 0.717) is 11.3 Å². The number of unbranched alkanes of at least 4 members (excludes halogenated alkanes) is 2. The highest BCUT2D eigenvalue weighted by molar-refractivity contribution is 5.92. The second-order valence-electron chi connectivity index (χ2n) is 5.42. The van der Waals surface area contributed by atoms with E-state index in [1.807, 2.05) is 6.07 Å². The highest BCUT2D eigenvalue weighted by Crippen LogP contribution is 2.11. The lowest BCUT2D eigenvalue weighted by atomic mass is 10.1. The molecule has 1 heterocycles. The molecule has 0 aliphatic heterocycles. The second kappa shape index (κ2) is 8.88. The minimum atomic E-state index is -0.338. The summed E-state index contributed by atoms with van der Waals surface area (Å²) in [6, 6.07) is 9.68. The van der Waals surface area contributed by atoms with E-state index >= 15 is 0 Å². The van der Waals surface area contributed by atoms with Gasteiger partial charge >= 0.3 is 0 Å². The predicted octanol–water partition coefficient (Wildman–Crippen LogP) is 4.00. The van der Waals surface area contributed by atoms with Gasteiger partial charge in [0.15, 0.2) is 0 Å². The number of halogens is 1. The molecule has 0 aliphatic rings. The Hall–Kier alpha value is -2.43. The Morgan fingerprint density at radius 1 is 1.22 bits per heavy atom. The van der Waals surface area contributed by atoms with Crippen molar-refractivity contribution in [1.82, 2.24) is 4.98 Å². The van der Waals surface area contributed by atoms with Crippen LogP contribution in [0.1, 0.15) is 31.7 Å². The summed E-state index contributed by atoms with van der Waals surface area (Å²) in [6.45, 7) is 3.06. The van der Waals surface area contributed by atoms with Crippen molar-refractivity contribution in [3.63, 3.8) is 0 Å². The number of anilines is 2. The minimum Gasteiger partial charge on any atom is -0.370 e. The van der Waals surface area contributed by atoms with Crippen molar-refractivity contribution in [3.05, 3.63) is 54.0 Å². The Bertz CT molecular complexity index is 628. The first kappa shape index (κ1) is 16.9. The van der Waals surface area contributed by atoms with Crippen LogP contribution in [-0.2, 0) is 11.2 Å². The van der Waals surface area contributed by atoms with Crippen LogP contribution < -0.4 is 10.6 Å². The predicted molar refractivity (Wildman–Crippen MR) is 91.0 cm³/mol. The molecule has 122 valence electrons. The van der Waals surface area contributed by atoms with Gasteiger partial charge in [-0.25, -0.2) is 9.37 Å². The van der Waals surface area contributed by atoms with Crippen LogP contribution in [-0.4, -0.2) is 17.4 Å². The number of aromatic nitrogens is 1. The monoisotopic (exact) mass is 315 g/mol. The average Bonchev–Trinajstić information content (AvgIpc) is 2.53. The van der Waals surface area contributed by atoms with Gasteiger partial charge in [0.05, 0.1) is 18.3 Å². The van der Waals surface area contributed by atoms with E-state index in [1.165, 1.54) is 25.0 Å². The van der Waals surface area contributed by atoms with Gasteiger partial charge in [-0.3, -0.25) is 4.79 Å². The summed E-state index contributed by atoms with van der Waals surface area (Å²) < 4.78 is 13.1. The summed E-state index contributed by atoms with van der Waals surface area (Å²) in [5.41, 5.74) is 1.27. The number of nitrogens with one attached hydrogen (secondary N) is 2. The van der Waals surface area contributed by atoms with Crippen LogP contribution in [0.25, 0.3) is 0 Å². The van der Waals surface area contributed by atoms with Gasteiger partial charge in [0, 0.05) is 6.54 Å². The molecule has 4 nitrogen and oxygen atoms in total. The molecule has 0 saturated carbocycles. The SMILES string of the molecule is CCCCCNc1ccc(NC(=O)Cc2cccc(F)c2)cn1. The zero-order valence-electron chi connectivity index (χ0n) is 13.3. The molecular weight excluding hydrogens is 293 g/mol. The quantitative estimate of drug-likeness (QED) is 0.724. The van der Waals surface area contributed by atoms with E-state index in [0.717, 1.165) is 18.8 Å². The van der Waals surface area contributed by atoms with Crippen LogP contribution in [0, 0.1) is 5.82 Å². The van der Waals surface area contributed by atoms with Gasteiger partial charge in [-0.05, 0) is 36.2 Å². The third-order valence-electron chi connectivity index (χ3n) is 3.39. The van der Waals surface area contributed by atoms with Crippen LogP contribution in [0.15, 0.2) is 42.6 Å². The molecule has 2 aromatic rings. The van der Waals surface area contributed by atoms with Crippen molar-refractivity contribution in [1.29, 1.82) is 0 Å². The lowest BCUT2D eigenvalue weighted by molar-refractivity contribution is -0.115. The topological polar surface area (TPSA) is 54.0 Å². The molecule has 1 amide bonds. The number of pyridine rings is 1. The fourth-order valence-electron chi connectivity index (χ4n) is 2.20. The van der Waals surface area contributed by atoms with E-state index < -0.39 is 0 Å². The number of hydrogen-bond donors (Lipinski definition) is 2. The lowest BCUT2D eigenvalue weighted by Gasteiger charge is -2.08. The molecule has 23 heavy (non-hydrogen) atoms. The number of hydrogen-bond acceptors (Lipinski definition) is 3. The Balaban J connectivity index is 1.81. The van der Waals surface area contributed by atoms with E-state index in [-0.39, 0.29) is 18.1 Å². The molecule has 0 fully saturated rings. The first-order chi connectivity index (χ1) is 11.2. The number of rotatable bonds is 8. The molecule has 5 heteroatoms. The maximum atomic E-state index is 13.1. The van der Waals surface area contributed by atoms with E-state index in [9.17, 15) is 9.18 Å². The zero-order chi connectivity index (χ0) is 16.5.